The van der Waals surface area contributed by atoms with E-state index in [-0.39, 0.29) is 40.2 Å². The maximum absolute atomic E-state index is 13.4. The lowest BCUT2D eigenvalue weighted by Crippen LogP contribution is -2.33. The molecule has 182 valence electrons. The van der Waals surface area contributed by atoms with Crippen molar-refractivity contribution in [2.45, 2.75) is 32.6 Å². The Balaban J connectivity index is 1.72. The number of carbonyl (C=O) groups is 2. The monoisotopic (exact) mass is 513 g/mol. The number of hydrogen-bond donors (Lipinski definition) is 1. The fourth-order valence-corrected chi connectivity index (χ4v) is 4.89. The Morgan fingerprint density at radius 2 is 1.71 bits per heavy atom. The topological polar surface area (TPSA) is 105 Å². The van der Waals surface area contributed by atoms with Gasteiger partial charge in [-0.2, -0.15) is 4.73 Å². The Hall–Kier alpha value is -3.27. The van der Waals surface area contributed by atoms with E-state index in [1.54, 1.807) is 24.3 Å². The van der Waals surface area contributed by atoms with Crippen LogP contribution in [0.1, 0.15) is 52.6 Å². The molecule has 10 heteroatoms. The van der Waals surface area contributed by atoms with Gasteiger partial charge in [0, 0.05) is 18.2 Å². The van der Waals surface area contributed by atoms with Crippen molar-refractivity contribution in [1.29, 1.82) is 0 Å². The van der Waals surface area contributed by atoms with E-state index >= 15 is 0 Å². The number of pyridine rings is 1. The molecule has 1 N–H and O–H groups in total. The van der Waals surface area contributed by atoms with Crippen LogP contribution in [-0.4, -0.2) is 32.0 Å². The molecule has 1 aliphatic rings. The van der Waals surface area contributed by atoms with Crippen molar-refractivity contribution in [1.82, 2.24) is 4.90 Å². The third kappa shape index (κ3) is 4.80. The first kappa shape index (κ1) is 24.8. The number of amides is 2. The van der Waals surface area contributed by atoms with Gasteiger partial charge in [0.25, 0.3) is 23.1 Å². The predicted molar refractivity (Wildman–Crippen MR) is 134 cm³/mol. The number of imide groups is 1. The molecule has 0 saturated heterocycles. The summed E-state index contributed by atoms with van der Waals surface area (Å²) in [6, 6.07) is 13.3. The van der Waals surface area contributed by atoms with E-state index in [4.69, 9.17) is 11.6 Å². The molecule has 8 nitrogen and oxygen atoms in total. The van der Waals surface area contributed by atoms with Crippen LogP contribution in [0.3, 0.4) is 0 Å². The molecule has 0 fully saturated rings. The fraction of sp³-hybridized carbons (Fsp3) is 0.240. The van der Waals surface area contributed by atoms with E-state index in [1.165, 1.54) is 24.5 Å². The van der Waals surface area contributed by atoms with Gasteiger partial charge in [-0.3, -0.25) is 19.0 Å². The number of halogens is 1. The third-order valence-electron chi connectivity index (χ3n) is 5.85. The number of fused-ring (bicyclic) bond motifs is 1. The first-order valence-electron chi connectivity index (χ1n) is 10.9. The highest BCUT2D eigenvalue weighted by molar-refractivity contribution is 7.81. The zero-order chi connectivity index (χ0) is 25.5. The normalized spacial score (nSPS) is 14.3. The van der Waals surface area contributed by atoms with Crippen LogP contribution in [0, 0.1) is 5.21 Å². The Kier molecular flexibility index (Phi) is 6.68. The molecule has 1 aromatic heterocycles. The second kappa shape index (κ2) is 9.41. The smallest absolute Gasteiger partial charge is 0.266 e. The average molecular weight is 514 g/mol. The highest BCUT2D eigenvalue weighted by atomic mass is 35.5. The molecular formula is C25H24ClN3O5S. The summed E-state index contributed by atoms with van der Waals surface area (Å²) in [6.45, 7) is 6.19. The molecule has 0 spiro atoms. The zero-order valence-corrected chi connectivity index (χ0v) is 21.0. The molecule has 0 bridgehead atoms. The molecule has 0 saturated carbocycles. The van der Waals surface area contributed by atoms with Crippen LogP contribution in [0.15, 0.2) is 60.9 Å². The second-order valence-electron chi connectivity index (χ2n) is 9.22. The van der Waals surface area contributed by atoms with Gasteiger partial charge < -0.3 is 5.21 Å². The van der Waals surface area contributed by atoms with Crippen LogP contribution in [0.25, 0.3) is 0 Å². The standard InChI is InChI=1S/C25H24ClN3O5S/c1-25(2,3)17-6-8-18(9-7-17)29(35(33)34)20-11-10-19(26)21-22(20)24(31)28(23(21)30)14-12-16-5-4-13-27(32)15-16/h4-11,13,15H,12,14H2,1-3H3,(H,33,34). The lowest BCUT2D eigenvalue weighted by atomic mass is 9.87. The summed E-state index contributed by atoms with van der Waals surface area (Å²) in [7, 11) is 0. The van der Waals surface area contributed by atoms with Crippen molar-refractivity contribution in [3.05, 3.63) is 93.4 Å². The Morgan fingerprint density at radius 3 is 2.31 bits per heavy atom. The number of anilines is 2. The lowest BCUT2D eigenvalue weighted by Gasteiger charge is -2.24. The molecule has 0 radical (unpaired) electrons. The summed E-state index contributed by atoms with van der Waals surface area (Å²) in [4.78, 5) is 27.6. The van der Waals surface area contributed by atoms with E-state index in [9.17, 15) is 23.6 Å². The van der Waals surface area contributed by atoms with E-state index in [0.29, 0.717) is 16.0 Å². The Bertz CT molecular complexity index is 1340. The molecule has 2 aromatic carbocycles. The number of benzene rings is 2. The van der Waals surface area contributed by atoms with Crippen molar-refractivity contribution < 1.29 is 23.1 Å². The number of nitrogens with zero attached hydrogens (tertiary/aromatic N) is 3. The van der Waals surface area contributed by atoms with Gasteiger partial charge in [-0.05, 0) is 47.7 Å². The maximum Gasteiger partial charge on any atom is 0.266 e. The van der Waals surface area contributed by atoms with E-state index in [0.717, 1.165) is 14.8 Å². The number of hydrogen-bond acceptors (Lipinski definition) is 4. The maximum atomic E-state index is 13.4. The van der Waals surface area contributed by atoms with Crippen molar-refractivity contribution >= 4 is 46.1 Å². The lowest BCUT2D eigenvalue weighted by molar-refractivity contribution is -0.605. The van der Waals surface area contributed by atoms with Crippen molar-refractivity contribution in [3.8, 4) is 0 Å². The predicted octanol–water partition coefficient (Wildman–Crippen LogP) is 4.38. The molecule has 2 amide bonds. The van der Waals surface area contributed by atoms with E-state index in [1.807, 2.05) is 12.1 Å². The van der Waals surface area contributed by atoms with Crippen LogP contribution in [-0.2, 0) is 23.1 Å². The summed E-state index contributed by atoms with van der Waals surface area (Å²) < 4.78 is 24.3. The van der Waals surface area contributed by atoms with Crippen LogP contribution < -0.4 is 9.04 Å². The summed E-state index contributed by atoms with van der Waals surface area (Å²) >= 11 is 3.77. The Morgan fingerprint density at radius 1 is 1.06 bits per heavy atom. The second-order valence-corrected chi connectivity index (χ2v) is 10.5. The van der Waals surface area contributed by atoms with Gasteiger partial charge in [0.1, 0.15) is 0 Å². The average Bonchev–Trinajstić information content (AvgIpc) is 3.04. The number of aromatic nitrogens is 1. The minimum atomic E-state index is -2.53. The first-order chi connectivity index (χ1) is 16.5. The van der Waals surface area contributed by atoms with Crippen molar-refractivity contribution in [2.75, 3.05) is 10.8 Å². The van der Waals surface area contributed by atoms with Crippen LogP contribution in [0.2, 0.25) is 5.02 Å². The molecule has 3 aromatic rings. The summed E-state index contributed by atoms with van der Waals surface area (Å²) in [6.07, 6.45) is 2.98. The molecule has 1 aliphatic heterocycles. The van der Waals surface area contributed by atoms with Crippen molar-refractivity contribution in [2.24, 2.45) is 0 Å². The molecule has 35 heavy (non-hydrogen) atoms. The SMILES string of the molecule is CC(C)(C)c1ccc(N(c2ccc(Cl)c3c2C(=O)N(CCc2ccc[n+]([O-])c2)C3=O)S(=O)O)cc1. The largest absolute Gasteiger partial charge is 0.619 e. The summed E-state index contributed by atoms with van der Waals surface area (Å²) in [5, 5.41) is 11.6. The number of rotatable bonds is 6. The van der Waals surface area contributed by atoms with Gasteiger partial charge in [0.2, 0.25) is 0 Å². The highest BCUT2D eigenvalue weighted by Gasteiger charge is 2.41. The van der Waals surface area contributed by atoms with Crippen LogP contribution in [0.4, 0.5) is 11.4 Å². The van der Waals surface area contributed by atoms with E-state index in [2.05, 4.69) is 20.8 Å². The van der Waals surface area contributed by atoms with Gasteiger partial charge in [-0.1, -0.05) is 44.5 Å². The van der Waals surface area contributed by atoms with Gasteiger partial charge >= 0.3 is 0 Å². The van der Waals surface area contributed by atoms with Crippen LogP contribution >= 0.6 is 11.6 Å². The zero-order valence-electron chi connectivity index (χ0n) is 19.4. The fourth-order valence-electron chi connectivity index (χ4n) is 4.03. The molecule has 0 aliphatic carbocycles. The molecule has 2 heterocycles. The number of carbonyl (C=O) groups excluding carboxylic acids is 2. The van der Waals surface area contributed by atoms with Crippen molar-refractivity contribution in [3.63, 3.8) is 0 Å². The van der Waals surface area contributed by atoms with Gasteiger partial charge in [-0.25, -0.2) is 8.51 Å². The van der Waals surface area contributed by atoms with Gasteiger partial charge in [0.15, 0.2) is 12.4 Å². The summed E-state index contributed by atoms with van der Waals surface area (Å²) in [5.74, 6) is -1.20. The molecule has 4 rings (SSSR count). The quantitative estimate of drug-likeness (QED) is 0.228. The van der Waals surface area contributed by atoms with E-state index < -0.39 is 23.1 Å². The van der Waals surface area contributed by atoms with Crippen LogP contribution in [0.5, 0.6) is 0 Å². The Labute approximate surface area is 210 Å². The summed E-state index contributed by atoms with van der Waals surface area (Å²) in [5.41, 5.74) is 2.01. The first-order valence-corrected chi connectivity index (χ1v) is 12.3. The minimum Gasteiger partial charge on any atom is -0.619 e. The minimum absolute atomic E-state index is 0.0112. The molecular weight excluding hydrogens is 490 g/mol. The third-order valence-corrected chi connectivity index (χ3v) is 6.89. The van der Waals surface area contributed by atoms with Gasteiger partial charge in [0.05, 0.1) is 27.5 Å². The molecule has 1 unspecified atom stereocenters. The highest BCUT2D eigenvalue weighted by Crippen LogP contribution is 2.40. The van der Waals surface area contributed by atoms with Gasteiger partial charge in [-0.15, -0.1) is 0 Å². The molecule has 1 atom stereocenters.